The van der Waals surface area contributed by atoms with E-state index in [1.165, 1.54) is 12.8 Å². The molecule has 3 rings (SSSR count). The zero-order valence-electron chi connectivity index (χ0n) is 15.3. The third kappa shape index (κ3) is 4.86. The summed E-state index contributed by atoms with van der Waals surface area (Å²) in [5.74, 6) is 1.98. The lowest BCUT2D eigenvalue weighted by Crippen LogP contribution is -2.47. The molecular formula is C19H29N3O3. The summed E-state index contributed by atoms with van der Waals surface area (Å²) in [6.45, 7) is 5.05. The minimum absolute atomic E-state index is 0.268. The average molecular weight is 347 g/mol. The summed E-state index contributed by atoms with van der Waals surface area (Å²) >= 11 is 0. The van der Waals surface area contributed by atoms with Gasteiger partial charge in [0, 0.05) is 57.3 Å². The number of rotatable bonds is 8. The van der Waals surface area contributed by atoms with Gasteiger partial charge in [-0.3, -0.25) is 9.69 Å². The molecule has 1 amide bonds. The van der Waals surface area contributed by atoms with E-state index in [-0.39, 0.29) is 5.91 Å². The van der Waals surface area contributed by atoms with Crippen LogP contribution in [0.15, 0.2) is 18.2 Å². The number of ether oxygens (including phenoxy) is 2. The van der Waals surface area contributed by atoms with Gasteiger partial charge in [-0.25, -0.2) is 0 Å². The Balaban J connectivity index is 1.61. The predicted molar refractivity (Wildman–Crippen MR) is 97.0 cm³/mol. The molecule has 0 spiro atoms. The molecule has 1 aliphatic heterocycles. The zero-order chi connectivity index (χ0) is 17.6. The van der Waals surface area contributed by atoms with Crippen molar-refractivity contribution in [2.24, 2.45) is 0 Å². The summed E-state index contributed by atoms with van der Waals surface area (Å²) in [6.07, 6.45) is 3.02. The van der Waals surface area contributed by atoms with Crippen molar-refractivity contribution in [2.75, 3.05) is 46.9 Å². The van der Waals surface area contributed by atoms with E-state index in [9.17, 15) is 4.79 Å². The first kappa shape index (κ1) is 18.0. The van der Waals surface area contributed by atoms with Crippen LogP contribution in [-0.2, 0) is 11.3 Å². The maximum absolute atomic E-state index is 12.4. The van der Waals surface area contributed by atoms with Gasteiger partial charge in [0.2, 0.25) is 5.91 Å². The van der Waals surface area contributed by atoms with E-state index < -0.39 is 0 Å². The first-order valence-electron chi connectivity index (χ1n) is 9.14. The van der Waals surface area contributed by atoms with Crippen molar-refractivity contribution in [3.8, 4) is 11.5 Å². The SMILES string of the molecule is COc1ccc(OC)c(CN(CCC(=O)N2CCNCC2)C2CC2)c1. The quantitative estimate of drug-likeness (QED) is 0.772. The average Bonchev–Trinajstić information content (AvgIpc) is 3.50. The molecule has 1 heterocycles. The third-order valence-electron chi connectivity index (χ3n) is 5.01. The highest BCUT2D eigenvalue weighted by Crippen LogP contribution is 2.32. The highest BCUT2D eigenvalue weighted by Gasteiger charge is 2.30. The molecule has 1 aromatic carbocycles. The molecule has 0 bridgehead atoms. The lowest BCUT2D eigenvalue weighted by Gasteiger charge is -2.29. The molecule has 6 heteroatoms. The number of methoxy groups -OCH3 is 2. The number of amides is 1. The predicted octanol–water partition coefficient (Wildman–Crippen LogP) is 1.49. The maximum Gasteiger partial charge on any atom is 0.223 e. The second-order valence-electron chi connectivity index (χ2n) is 6.76. The molecule has 0 aromatic heterocycles. The second kappa shape index (κ2) is 8.54. The van der Waals surface area contributed by atoms with Crippen LogP contribution in [0.1, 0.15) is 24.8 Å². The van der Waals surface area contributed by atoms with Gasteiger partial charge in [0.25, 0.3) is 0 Å². The Kier molecular flexibility index (Phi) is 6.15. The van der Waals surface area contributed by atoms with Gasteiger partial charge in [-0.15, -0.1) is 0 Å². The van der Waals surface area contributed by atoms with Gasteiger partial charge in [-0.1, -0.05) is 0 Å². The number of piperazine rings is 1. The molecule has 25 heavy (non-hydrogen) atoms. The van der Waals surface area contributed by atoms with Crippen LogP contribution in [-0.4, -0.2) is 68.7 Å². The van der Waals surface area contributed by atoms with Gasteiger partial charge in [-0.2, -0.15) is 0 Å². The normalized spacial score (nSPS) is 17.6. The van der Waals surface area contributed by atoms with Crippen molar-refractivity contribution in [3.63, 3.8) is 0 Å². The molecule has 6 nitrogen and oxygen atoms in total. The molecule has 1 N–H and O–H groups in total. The summed E-state index contributed by atoms with van der Waals surface area (Å²) in [7, 11) is 3.37. The molecule has 2 aliphatic rings. The monoisotopic (exact) mass is 347 g/mol. The highest BCUT2D eigenvalue weighted by molar-refractivity contribution is 5.76. The molecule has 138 valence electrons. The lowest BCUT2D eigenvalue weighted by molar-refractivity contribution is -0.132. The fourth-order valence-corrected chi connectivity index (χ4v) is 3.37. The highest BCUT2D eigenvalue weighted by atomic mass is 16.5. The van der Waals surface area contributed by atoms with Gasteiger partial charge in [0.1, 0.15) is 11.5 Å². The summed E-state index contributed by atoms with van der Waals surface area (Å²) in [5, 5.41) is 3.29. The number of carbonyl (C=O) groups excluding carboxylic acids is 1. The van der Waals surface area contributed by atoms with Crippen LogP contribution in [0.4, 0.5) is 0 Å². The van der Waals surface area contributed by atoms with Crippen molar-refractivity contribution in [1.82, 2.24) is 15.1 Å². The van der Waals surface area contributed by atoms with Crippen LogP contribution in [0.3, 0.4) is 0 Å². The van der Waals surface area contributed by atoms with Crippen molar-refractivity contribution >= 4 is 5.91 Å². The fraction of sp³-hybridized carbons (Fsp3) is 0.632. The van der Waals surface area contributed by atoms with E-state index in [0.29, 0.717) is 12.5 Å². The van der Waals surface area contributed by atoms with Gasteiger partial charge in [-0.05, 0) is 31.0 Å². The fourth-order valence-electron chi connectivity index (χ4n) is 3.37. The van der Waals surface area contributed by atoms with Crippen molar-refractivity contribution in [3.05, 3.63) is 23.8 Å². The Bertz CT molecular complexity index is 583. The van der Waals surface area contributed by atoms with E-state index in [1.54, 1.807) is 14.2 Å². The Morgan fingerprint density at radius 2 is 2.00 bits per heavy atom. The van der Waals surface area contributed by atoms with Crippen molar-refractivity contribution in [2.45, 2.75) is 31.8 Å². The molecule has 1 aromatic rings. The number of hydrogen-bond donors (Lipinski definition) is 1. The number of nitrogens with zero attached hydrogens (tertiary/aromatic N) is 2. The lowest BCUT2D eigenvalue weighted by atomic mass is 10.1. The zero-order valence-corrected chi connectivity index (χ0v) is 15.3. The smallest absolute Gasteiger partial charge is 0.223 e. The van der Waals surface area contributed by atoms with Crippen LogP contribution in [0.5, 0.6) is 11.5 Å². The van der Waals surface area contributed by atoms with Gasteiger partial charge < -0.3 is 19.7 Å². The number of nitrogens with one attached hydrogen (secondary N) is 1. The van der Waals surface area contributed by atoms with Crippen LogP contribution < -0.4 is 14.8 Å². The largest absolute Gasteiger partial charge is 0.497 e. The maximum atomic E-state index is 12.4. The molecule has 1 saturated carbocycles. The van der Waals surface area contributed by atoms with E-state index in [0.717, 1.165) is 56.3 Å². The van der Waals surface area contributed by atoms with E-state index in [1.807, 2.05) is 23.1 Å². The van der Waals surface area contributed by atoms with Gasteiger partial charge >= 0.3 is 0 Å². The first-order chi connectivity index (χ1) is 12.2. The summed E-state index contributed by atoms with van der Waals surface area (Å²) in [5.41, 5.74) is 1.11. The second-order valence-corrected chi connectivity index (χ2v) is 6.76. The Hall–Kier alpha value is -1.79. The Morgan fingerprint density at radius 3 is 2.64 bits per heavy atom. The number of hydrogen-bond acceptors (Lipinski definition) is 5. The van der Waals surface area contributed by atoms with Crippen molar-refractivity contribution < 1.29 is 14.3 Å². The van der Waals surface area contributed by atoms with E-state index in [2.05, 4.69) is 10.2 Å². The van der Waals surface area contributed by atoms with Crippen LogP contribution in [0.2, 0.25) is 0 Å². The molecule has 1 aliphatic carbocycles. The topological polar surface area (TPSA) is 54.0 Å². The van der Waals surface area contributed by atoms with Crippen LogP contribution in [0.25, 0.3) is 0 Å². The molecule has 0 radical (unpaired) electrons. The minimum atomic E-state index is 0.268. The van der Waals surface area contributed by atoms with Gasteiger partial charge in [0.15, 0.2) is 0 Å². The van der Waals surface area contributed by atoms with Crippen molar-refractivity contribution in [1.29, 1.82) is 0 Å². The first-order valence-corrected chi connectivity index (χ1v) is 9.14. The molecule has 2 fully saturated rings. The summed E-state index contributed by atoms with van der Waals surface area (Å²) in [4.78, 5) is 16.8. The van der Waals surface area contributed by atoms with Crippen LogP contribution >= 0.6 is 0 Å². The Labute approximate surface area is 150 Å². The Morgan fingerprint density at radius 1 is 1.24 bits per heavy atom. The third-order valence-corrected chi connectivity index (χ3v) is 5.01. The van der Waals surface area contributed by atoms with E-state index >= 15 is 0 Å². The van der Waals surface area contributed by atoms with E-state index in [4.69, 9.17) is 9.47 Å². The summed E-state index contributed by atoms with van der Waals surface area (Å²) < 4.78 is 10.9. The minimum Gasteiger partial charge on any atom is -0.497 e. The molecular weight excluding hydrogens is 318 g/mol. The number of benzene rings is 1. The molecule has 0 unspecified atom stereocenters. The summed E-state index contributed by atoms with van der Waals surface area (Å²) in [6, 6.07) is 6.49. The standard InChI is InChI=1S/C19H29N3O3/c1-24-17-5-6-18(25-2)15(13-17)14-22(16-3-4-16)10-7-19(23)21-11-8-20-9-12-21/h5-6,13,16,20H,3-4,7-12,14H2,1-2H3. The number of carbonyl (C=O) groups is 1. The van der Waals surface area contributed by atoms with Crippen LogP contribution in [0, 0.1) is 0 Å². The molecule has 0 atom stereocenters. The van der Waals surface area contributed by atoms with Gasteiger partial charge in [0.05, 0.1) is 14.2 Å². The molecule has 1 saturated heterocycles.